The van der Waals surface area contributed by atoms with Crippen LogP contribution < -0.4 is 5.56 Å². The van der Waals surface area contributed by atoms with Crippen molar-refractivity contribution >= 4 is 22.6 Å². The van der Waals surface area contributed by atoms with Gasteiger partial charge >= 0.3 is 0 Å². The standard InChI is InChI=1S/C15H14F3N3OS/c1-6(2)21-14-10(15(22)20-21)13(23-7(3)19-14)8-4-5-9(16)12(18)11(8)17/h4-6,13H,1-3H3,(H,20,22)/t13-/m1/s1. The Bertz CT molecular complexity index is 870. The third-order valence-electron chi connectivity index (χ3n) is 3.61. The summed E-state index contributed by atoms with van der Waals surface area (Å²) >= 11 is 1.14. The molecule has 0 bridgehead atoms. The second-order valence-electron chi connectivity index (χ2n) is 5.54. The lowest BCUT2D eigenvalue weighted by Crippen LogP contribution is -2.15. The Balaban J connectivity index is 2.24. The lowest BCUT2D eigenvalue weighted by molar-refractivity contribution is 0.442. The van der Waals surface area contributed by atoms with Gasteiger partial charge in [-0.25, -0.2) is 18.2 Å². The zero-order valence-corrected chi connectivity index (χ0v) is 13.5. The second-order valence-corrected chi connectivity index (χ2v) is 6.83. The second kappa shape index (κ2) is 5.59. The molecule has 0 spiro atoms. The number of fused-ring (bicyclic) bond motifs is 1. The van der Waals surface area contributed by atoms with Gasteiger partial charge in [0.25, 0.3) is 5.56 Å². The summed E-state index contributed by atoms with van der Waals surface area (Å²) in [6.07, 6.45) is 0. The van der Waals surface area contributed by atoms with Crippen molar-refractivity contribution in [1.29, 1.82) is 0 Å². The number of halogens is 3. The number of thioether (sulfide) groups is 1. The van der Waals surface area contributed by atoms with Crippen LogP contribution in [0, 0.1) is 17.5 Å². The smallest absolute Gasteiger partial charge is 0.268 e. The van der Waals surface area contributed by atoms with Gasteiger partial charge < -0.3 is 0 Å². The van der Waals surface area contributed by atoms with Gasteiger partial charge in [0, 0.05) is 11.6 Å². The van der Waals surface area contributed by atoms with Crippen LogP contribution in [0.4, 0.5) is 19.0 Å². The Morgan fingerprint density at radius 2 is 1.96 bits per heavy atom. The Morgan fingerprint density at radius 3 is 2.61 bits per heavy atom. The zero-order valence-electron chi connectivity index (χ0n) is 12.7. The maximum Gasteiger partial charge on any atom is 0.271 e. The number of nitrogens with zero attached hydrogens (tertiary/aromatic N) is 2. The van der Waals surface area contributed by atoms with E-state index in [1.54, 1.807) is 11.6 Å². The van der Waals surface area contributed by atoms with Gasteiger partial charge in [0.2, 0.25) is 0 Å². The van der Waals surface area contributed by atoms with Crippen LogP contribution >= 0.6 is 11.8 Å². The largest absolute Gasteiger partial charge is 0.271 e. The highest BCUT2D eigenvalue weighted by atomic mass is 32.2. The van der Waals surface area contributed by atoms with Crippen molar-refractivity contribution in [2.24, 2.45) is 4.99 Å². The first-order valence-electron chi connectivity index (χ1n) is 7.01. The van der Waals surface area contributed by atoms with E-state index in [0.717, 1.165) is 17.8 Å². The number of rotatable bonds is 2. The van der Waals surface area contributed by atoms with E-state index in [1.165, 1.54) is 6.07 Å². The van der Waals surface area contributed by atoms with Crippen molar-refractivity contribution in [2.75, 3.05) is 0 Å². The molecule has 0 unspecified atom stereocenters. The average molecular weight is 341 g/mol. The minimum atomic E-state index is -1.54. The van der Waals surface area contributed by atoms with E-state index in [9.17, 15) is 18.0 Å². The molecule has 23 heavy (non-hydrogen) atoms. The summed E-state index contributed by atoms with van der Waals surface area (Å²) in [5, 5.41) is 2.51. The molecule has 1 atom stereocenters. The summed E-state index contributed by atoms with van der Waals surface area (Å²) in [6, 6.07) is 1.98. The summed E-state index contributed by atoms with van der Waals surface area (Å²) in [6.45, 7) is 5.46. The topological polar surface area (TPSA) is 50.1 Å². The van der Waals surface area contributed by atoms with Crippen molar-refractivity contribution in [3.63, 3.8) is 0 Å². The molecule has 1 aromatic heterocycles. The number of aromatic nitrogens is 2. The van der Waals surface area contributed by atoms with E-state index in [4.69, 9.17) is 0 Å². The number of H-pyrrole nitrogens is 1. The van der Waals surface area contributed by atoms with Crippen molar-refractivity contribution in [1.82, 2.24) is 9.78 Å². The van der Waals surface area contributed by atoms with Gasteiger partial charge in [-0.3, -0.25) is 14.6 Å². The van der Waals surface area contributed by atoms with Gasteiger partial charge in [-0.1, -0.05) is 17.8 Å². The normalized spacial score (nSPS) is 17.3. The first-order chi connectivity index (χ1) is 10.8. The molecule has 0 saturated heterocycles. The third-order valence-corrected chi connectivity index (χ3v) is 4.77. The molecule has 2 aromatic rings. The maximum absolute atomic E-state index is 14.2. The van der Waals surface area contributed by atoms with E-state index in [-0.39, 0.29) is 17.2 Å². The van der Waals surface area contributed by atoms with Gasteiger partial charge in [0.15, 0.2) is 23.3 Å². The zero-order chi connectivity index (χ0) is 16.9. The molecule has 8 heteroatoms. The van der Waals surface area contributed by atoms with Gasteiger partial charge in [-0.15, -0.1) is 0 Å². The van der Waals surface area contributed by atoms with Crippen LogP contribution in [0.3, 0.4) is 0 Å². The summed E-state index contributed by atoms with van der Waals surface area (Å²) < 4.78 is 42.5. The van der Waals surface area contributed by atoms with Crippen molar-refractivity contribution in [3.05, 3.63) is 51.1 Å². The molecule has 2 heterocycles. The predicted molar refractivity (Wildman–Crippen MR) is 84.0 cm³/mol. The van der Waals surface area contributed by atoms with Crippen LogP contribution in [-0.2, 0) is 0 Å². The van der Waals surface area contributed by atoms with Gasteiger partial charge in [-0.05, 0) is 26.8 Å². The Kier molecular flexibility index (Phi) is 3.87. The average Bonchev–Trinajstić information content (AvgIpc) is 2.81. The SMILES string of the molecule is CC1=Nc2c(c(=O)[nH]n2C(C)C)[C@@H](c2ccc(F)c(F)c2F)S1. The van der Waals surface area contributed by atoms with Crippen LogP contribution in [0.5, 0.6) is 0 Å². The molecule has 0 amide bonds. The van der Waals surface area contributed by atoms with Gasteiger partial charge in [-0.2, -0.15) is 0 Å². The highest BCUT2D eigenvalue weighted by Crippen LogP contribution is 2.45. The minimum absolute atomic E-state index is 0.0541. The van der Waals surface area contributed by atoms with Gasteiger partial charge in [0.05, 0.1) is 15.9 Å². The lowest BCUT2D eigenvalue weighted by atomic mass is 10.0. The maximum atomic E-state index is 14.2. The Hall–Kier alpha value is -1.96. The third kappa shape index (κ3) is 2.50. The molecule has 0 saturated carbocycles. The van der Waals surface area contributed by atoms with Crippen LogP contribution in [0.1, 0.15) is 43.2 Å². The quantitative estimate of drug-likeness (QED) is 0.838. The van der Waals surface area contributed by atoms with Crippen LogP contribution in [-0.4, -0.2) is 14.8 Å². The molecule has 1 aliphatic heterocycles. The molecule has 0 radical (unpaired) electrons. The van der Waals surface area contributed by atoms with Crippen molar-refractivity contribution in [3.8, 4) is 0 Å². The highest BCUT2D eigenvalue weighted by Gasteiger charge is 2.33. The van der Waals surface area contributed by atoms with Crippen LogP contribution in [0.15, 0.2) is 21.9 Å². The van der Waals surface area contributed by atoms with E-state index in [1.807, 2.05) is 13.8 Å². The summed E-state index contributed by atoms with van der Waals surface area (Å²) in [5.74, 6) is -3.67. The first-order valence-corrected chi connectivity index (χ1v) is 7.89. The molecule has 0 fully saturated rings. The predicted octanol–water partition coefficient (Wildman–Crippen LogP) is 4.06. The fourth-order valence-corrected chi connectivity index (χ4v) is 3.66. The van der Waals surface area contributed by atoms with E-state index < -0.39 is 28.3 Å². The number of benzene rings is 1. The summed E-state index contributed by atoms with van der Waals surface area (Å²) in [7, 11) is 0. The summed E-state index contributed by atoms with van der Waals surface area (Å²) in [5.41, 5.74) is -0.234. The molecular weight excluding hydrogens is 327 g/mol. The number of hydrogen-bond acceptors (Lipinski definition) is 3. The Morgan fingerprint density at radius 1 is 1.26 bits per heavy atom. The monoisotopic (exact) mass is 341 g/mol. The molecule has 0 aliphatic carbocycles. The number of hydrogen-bond donors (Lipinski definition) is 1. The van der Waals surface area contributed by atoms with Crippen molar-refractivity contribution < 1.29 is 13.2 Å². The number of aromatic amines is 1. The van der Waals surface area contributed by atoms with E-state index in [2.05, 4.69) is 10.1 Å². The summed E-state index contributed by atoms with van der Waals surface area (Å²) in [4.78, 5) is 16.6. The van der Waals surface area contributed by atoms with Crippen LogP contribution in [0.25, 0.3) is 0 Å². The fraction of sp³-hybridized carbons (Fsp3) is 0.333. The Labute approximate surface area is 134 Å². The highest BCUT2D eigenvalue weighted by molar-refractivity contribution is 8.14. The minimum Gasteiger partial charge on any atom is -0.268 e. The molecule has 3 rings (SSSR count). The lowest BCUT2D eigenvalue weighted by Gasteiger charge is -2.22. The fourth-order valence-electron chi connectivity index (χ4n) is 2.55. The molecular formula is C15H14F3N3OS. The first kappa shape index (κ1) is 15.9. The molecule has 4 nitrogen and oxygen atoms in total. The molecule has 1 aliphatic rings. The molecule has 1 aromatic carbocycles. The van der Waals surface area contributed by atoms with Gasteiger partial charge in [0.1, 0.15) is 0 Å². The number of aliphatic imine (C=N–C) groups is 1. The molecule has 122 valence electrons. The van der Waals surface area contributed by atoms with Crippen LogP contribution in [0.2, 0.25) is 0 Å². The van der Waals surface area contributed by atoms with E-state index >= 15 is 0 Å². The van der Waals surface area contributed by atoms with E-state index in [0.29, 0.717) is 10.9 Å². The van der Waals surface area contributed by atoms with Crippen molar-refractivity contribution in [2.45, 2.75) is 32.1 Å². The number of nitrogens with one attached hydrogen (secondary N) is 1. The molecule has 1 N–H and O–H groups in total.